The van der Waals surface area contributed by atoms with Crippen LogP contribution in [0.4, 0.5) is 5.69 Å². The minimum atomic E-state index is -0.507. The highest BCUT2D eigenvalue weighted by Crippen LogP contribution is 2.28. The number of pyridine rings is 1. The Hall–Kier alpha value is -3.15. The molecule has 1 N–H and O–H groups in total. The van der Waals surface area contributed by atoms with Crippen LogP contribution in [0.5, 0.6) is 17.4 Å². The van der Waals surface area contributed by atoms with Crippen LogP contribution in [0, 0.1) is 10.1 Å². The van der Waals surface area contributed by atoms with Crippen molar-refractivity contribution >= 4 is 16.5 Å². The highest BCUT2D eigenvalue weighted by Gasteiger charge is 2.08. The highest BCUT2D eigenvalue weighted by atomic mass is 16.6. The molecule has 0 fully saturated rings. The smallest absolute Gasteiger partial charge is 0.276 e. The number of phenolic OH excluding ortho intramolecular Hbond substituents is 1. The number of ether oxygens (including phenoxy) is 1. The Morgan fingerprint density at radius 1 is 1.05 bits per heavy atom. The summed E-state index contributed by atoms with van der Waals surface area (Å²) in [6.07, 6.45) is 1.32. The summed E-state index contributed by atoms with van der Waals surface area (Å²) in [6.45, 7) is 0. The highest BCUT2D eigenvalue weighted by molar-refractivity contribution is 5.85. The Bertz CT molecular complexity index is 833. The second-order valence-corrected chi connectivity index (χ2v) is 4.40. The molecule has 0 radical (unpaired) electrons. The third-order valence-electron chi connectivity index (χ3n) is 2.95. The molecule has 0 amide bonds. The monoisotopic (exact) mass is 282 g/mol. The van der Waals surface area contributed by atoms with E-state index in [1.165, 1.54) is 18.3 Å². The number of hydrogen-bond donors (Lipinski definition) is 1. The first-order valence-electron chi connectivity index (χ1n) is 6.13. The van der Waals surface area contributed by atoms with Crippen molar-refractivity contribution in [3.63, 3.8) is 0 Å². The van der Waals surface area contributed by atoms with E-state index < -0.39 is 4.92 Å². The lowest BCUT2D eigenvalue weighted by Gasteiger charge is -2.06. The topological polar surface area (TPSA) is 85.5 Å². The number of nitrogens with zero attached hydrogens (tertiary/aromatic N) is 2. The Kier molecular flexibility index (Phi) is 3.12. The molecule has 21 heavy (non-hydrogen) atoms. The van der Waals surface area contributed by atoms with Crippen LogP contribution >= 0.6 is 0 Å². The van der Waals surface area contributed by atoms with Crippen LogP contribution in [0.1, 0.15) is 0 Å². The van der Waals surface area contributed by atoms with Gasteiger partial charge in [0.2, 0.25) is 5.88 Å². The predicted octanol–water partition coefficient (Wildman–Crippen LogP) is 3.64. The number of hydrogen-bond acceptors (Lipinski definition) is 5. The first kappa shape index (κ1) is 12.9. The summed E-state index contributed by atoms with van der Waals surface area (Å²) in [6, 6.07) is 12.9. The molecule has 6 heteroatoms. The average molecular weight is 282 g/mol. The summed E-state index contributed by atoms with van der Waals surface area (Å²) in [5.74, 6) is 0.790. The summed E-state index contributed by atoms with van der Waals surface area (Å²) < 4.78 is 5.52. The second-order valence-electron chi connectivity index (χ2n) is 4.40. The van der Waals surface area contributed by atoms with E-state index in [2.05, 4.69) is 4.98 Å². The molecule has 1 heterocycles. The first-order valence-corrected chi connectivity index (χ1v) is 6.13. The largest absolute Gasteiger partial charge is 0.508 e. The fourth-order valence-corrected chi connectivity index (χ4v) is 1.96. The van der Waals surface area contributed by atoms with Crippen molar-refractivity contribution in [1.29, 1.82) is 0 Å². The zero-order valence-electron chi connectivity index (χ0n) is 10.8. The Balaban J connectivity index is 1.94. The number of aromatic hydroxyl groups is 1. The average Bonchev–Trinajstić information content (AvgIpc) is 2.47. The van der Waals surface area contributed by atoms with Gasteiger partial charge >= 0.3 is 0 Å². The van der Waals surface area contributed by atoms with Crippen molar-refractivity contribution in [2.75, 3.05) is 0 Å². The third-order valence-corrected chi connectivity index (χ3v) is 2.95. The van der Waals surface area contributed by atoms with Crippen molar-refractivity contribution in [2.24, 2.45) is 0 Å². The zero-order chi connectivity index (χ0) is 14.8. The molecule has 0 unspecified atom stereocenters. The van der Waals surface area contributed by atoms with Gasteiger partial charge in [0.1, 0.15) is 11.5 Å². The lowest BCUT2D eigenvalue weighted by atomic mass is 10.1. The van der Waals surface area contributed by atoms with Gasteiger partial charge in [0, 0.05) is 12.3 Å². The van der Waals surface area contributed by atoms with Gasteiger partial charge in [-0.3, -0.25) is 10.1 Å². The maximum Gasteiger partial charge on any atom is 0.276 e. The van der Waals surface area contributed by atoms with Gasteiger partial charge in [0.25, 0.3) is 5.69 Å². The van der Waals surface area contributed by atoms with Gasteiger partial charge in [0.15, 0.2) is 0 Å². The van der Waals surface area contributed by atoms with Gasteiger partial charge in [-0.2, -0.15) is 0 Å². The minimum Gasteiger partial charge on any atom is -0.508 e. The SMILES string of the molecule is O=[N+]([O-])c1ccnc(Oc2ccc3ccc(O)cc3c2)c1. The maximum atomic E-state index is 10.7. The fourth-order valence-electron chi connectivity index (χ4n) is 1.96. The summed E-state index contributed by atoms with van der Waals surface area (Å²) >= 11 is 0. The lowest BCUT2D eigenvalue weighted by molar-refractivity contribution is -0.385. The molecule has 104 valence electrons. The zero-order valence-corrected chi connectivity index (χ0v) is 10.8. The van der Waals surface area contributed by atoms with Gasteiger partial charge in [-0.25, -0.2) is 4.98 Å². The molecule has 0 aliphatic rings. The number of phenols is 1. The molecule has 3 rings (SSSR count). The van der Waals surface area contributed by atoms with Gasteiger partial charge < -0.3 is 9.84 Å². The van der Waals surface area contributed by atoms with Crippen LogP contribution in [0.3, 0.4) is 0 Å². The number of aromatic nitrogens is 1. The molecule has 0 saturated carbocycles. The van der Waals surface area contributed by atoms with Gasteiger partial charge in [-0.05, 0) is 35.0 Å². The van der Waals surface area contributed by atoms with Gasteiger partial charge in [-0.15, -0.1) is 0 Å². The molecule has 0 atom stereocenters. The van der Waals surface area contributed by atoms with Gasteiger partial charge in [-0.1, -0.05) is 12.1 Å². The molecule has 0 aliphatic heterocycles. The van der Waals surface area contributed by atoms with E-state index in [0.29, 0.717) is 5.75 Å². The second kappa shape index (κ2) is 5.09. The standard InChI is InChI=1S/C15H10N2O4/c18-13-3-1-10-2-4-14(8-11(10)7-13)21-15-9-12(17(19)20)5-6-16-15/h1-9,18H. The van der Waals surface area contributed by atoms with E-state index in [1.807, 2.05) is 6.07 Å². The number of nitro groups is 1. The van der Waals surface area contributed by atoms with Crippen LogP contribution in [0.15, 0.2) is 54.7 Å². The van der Waals surface area contributed by atoms with E-state index in [1.54, 1.807) is 30.3 Å². The van der Waals surface area contributed by atoms with E-state index >= 15 is 0 Å². The Labute approximate surface area is 119 Å². The molecular weight excluding hydrogens is 272 g/mol. The Morgan fingerprint density at radius 3 is 2.67 bits per heavy atom. The third kappa shape index (κ3) is 2.74. The van der Waals surface area contributed by atoms with Crippen LogP contribution in [-0.2, 0) is 0 Å². The number of rotatable bonds is 3. The van der Waals surface area contributed by atoms with E-state index in [9.17, 15) is 15.2 Å². The summed E-state index contributed by atoms with van der Waals surface area (Å²) in [5.41, 5.74) is -0.0848. The molecule has 3 aromatic rings. The lowest BCUT2D eigenvalue weighted by Crippen LogP contribution is -1.92. The van der Waals surface area contributed by atoms with Crippen molar-refractivity contribution in [3.8, 4) is 17.4 Å². The molecule has 6 nitrogen and oxygen atoms in total. The molecule has 0 bridgehead atoms. The normalized spacial score (nSPS) is 10.5. The van der Waals surface area contributed by atoms with Crippen LogP contribution in [-0.4, -0.2) is 15.0 Å². The Morgan fingerprint density at radius 2 is 1.86 bits per heavy atom. The van der Waals surface area contributed by atoms with Crippen LogP contribution < -0.4 is 4.74 Å². The van der Waals surface area contributed by atoms with Crippen LogP contribution in [0.25, 0.3) is 10.8 Å². The molecule has 2 aromatic carbocycles. The van der Waals surface area contributed by atoms with E-state index in [0.717, 1.165) is 10.8 Å². The summed E-state index contributed by atoms with van der Waals surface area (Å²) in [5, 5.41) is 21.9. The fraction of sp³-hybridized carbons (Fsp3) is 0. The van der Waals surface area contributed by atoms with Crippen molar-refractivity contribution in [3.05, 3.63) is 64.8 Å². The minimum absolute atomic E-state index is 0.0848. The van der Waals surface area contributed by atoms with Crippen LogP contribution in [0.2, 0.25) is 0 Å². The number of fused-ring (bicyclic) bond motifs is 1. The van der Waals surface area contributed by atoms with E-state index in [-0.39, 0.29) is 17.3 Å². The molecule has 1 aromatic heterocycles. The van der Waals surface area contributed by atoms with Crippen molar-refractivity contribution < 1.29 is 14.8 Å². The van der Waals surface area contributed by atoms with Crippen molar-refractivity contribution in [1.82, 2.24) is 4.98 Å². The van der Waals surface area contributed by atoms with E-state index in [4.69, 9.17) is 4.74 Å². The molecule has 0 saturated heterocycles. The summed E-state index contributed by atoms with van der Waals surface area (Å²) in [7, 11) is 0. The van der Waals surface area contributed by atoms with Gasteiger partial charge in [0.05, 0.1) is 11.0 Å². The maximum absolute atomic E-state index is 10.7. The quantitative estimate of drug-likeness (QED) is 0.585. The first-order chi connectivity index (χ1) is 10.1. The molecule has 0 aliphatic carbocycles. The summed E-state index contributed by atoms with van der Waals surface area (Å²) in [4.78, 5) is 14.1. The molecular formula is C15H10N2O4. The predicted molar refractivity (Wildman–Crippen MR) is 76.6 cm³/mol. The molecule has 0 spiro atoms. The number of benzene rings is 2. The van der Waals surface area contributed by atoms with Crippen molar-refractivity contribution in [2.45, 2.75) is 0 Å².